The Labute approximate surface area is 220 Å². The van der Waals surface area contributed by atoms with E-state index in [0.717, 1.165) is 11.1 Å². The topological polar surface area (TPSA) is 89.0 Å². The third-order valence-electron chi connectivity index (χ3n) is 4.97. The van der Waals surface area contributed by atoms with E-state index in [1.54, 1.807) is 18.2 Å². The zero-order valence-corrected chi connectivity index (χ0v) is 21.5. The highest BCUT2D eigenvalue weighted by Crippen LogP contribution is 2.29. The van der Waals surface area contributed by atoms with Gasteiger partial charge in [-0.25, -0.2) is 5.43 Å². The standard InChI is InChI=1S/C27H27Cl2N3O4/c1-3-35-25-14-19(7-10-24(25)36-17-20-6-4-5-18(2)13-20)16-31-32-26(33)11-12-30-27(34)21-8-9-22(28)23(29)15-21/h4-10,13-16H,3,11-12,17H2,1-2H3,(H,30,34)(H,32,33). The molecule has 3 rings (SSSR count). The second-order valence-corrected chi connectivity index (χ2v) is 8.66. The first-order valence-electron chi connectivity index (χ1n) is 11.4. The van der Waals surface area contributed by atoms with Crippen molar-refractivity contribution in [1.82, 2.24) is 10.7 Å². The highest BCUT2D eigenvalue weighted by atomic mass is 35.5. The van der Waals surface area contributed by atoms with Crippen LogP contribution in [0.2, 0.25) is 10.0 Å². The van der Waals surface area contributed by atoms with Crippen LogP contribution in [0.4, 0.5) is 0 Å². The number of hydrazone groups is 1. The molecule has 3 aromatic carbocycles. The van der Waals surface area contributed by atoms with Gasteiger partial charge in [0.2, 0.25) is 5.91 Å². The Morgan fingerprint density at radius 1 is 0.972 bits per heavy atom. The minimum Gasteiger partial charge on any atom is -0.490 e. The number of carbonyl (C=O) groups excluding carboxylic acids is 2. The van der Waals surface area contributed by atoms with Crippen LogP contribution in [0.1, 0.15) is 40.4 Å². The molecular weight excluding hydrogens is 501 g/mol. The summed E-state index contributed by atoms with van der Waals surface area (Å²) in [7, 11) is 0. The van der Waals surface area contributed by atoms with Crippen LogP contribution >= 0.6 is 23.2 Å². The molecule has 0 saturated carbocycles. The molecule has 2 N–H and O–H groups in total. The van der Waals surface area contributed by atoms with Gasteiger partial charge in [-0.15, -0.1) is 0 Å². The number of nitrogens with one attached hydrogen (secondary N) is 2. The highest BCUT2D eigenvalue weighted by Gasteiger charge is 2.09. The lowest BCUT2D eigenvalue weighted by Crippen LogP contribution is -2.29. The fourth-order valence-corrected chi connectivity index (χ4v) is 3.52. The summed E-state index contributed by atoms with van der Waals surface area (Å²) in [6.07, 6.45) is 1.57. The molecule has 36 heavy (non-hydrogen) atoms. The number of hydrogen-bond acceptors (Lipinski definition) is 5. The van der Waals surface area contributed by atoms with Crippen molar-refractivity contribution in [3.63, 3.8) is 0 Å². The summed E-state index contributed by atoms with van der Waals surface area (Å²) < 4.78 is 11.7. The number of aryl methyl sites for hydroxylation is 1. The third kappa shape index (κ3) is 8.29. The second kappa shape index (κ2) is 13.5. The summed E-state index contributed by atoms with van der Waals surface area (Å²) in [5, 5.41) is 7.29. The maximum atomic E-state index is 12.1. The molecule has 0 spiro atoms. The maximum Gasteiger partial charge on any atom is 0.251 e. The number of amides is 2. The lowest BCUT2D eigenvalue weighted by Gasteiger charge is -2.13. The van der Waals surface area contributed by atoms with Gasteiger partial charge in [0.1, 0.15) is 6.61 Å². The molecule has 0 radical (unpaired) electrons. The quantitative estimate of drug-likeness (QED) is 0.252. The molecule has 0 atom stereocenters. The minimum atomic E-state index is -0.349. The molecule has 7 nitrogen and oxygen atoms in total. The maximum absolute atomic E-state index is 12.1. The predicted octanol–water partition coefficient (Wildman–Crippen LogP) is 5.55. The molecule has 0 bridgehead atoms. The van der Waals surface area contributed by atoms with Gasteiger partial charge in [-0.3, -0.25) is 9.59 Å². The second-order valence-electron chi connectivity index (χ2n) is 7.84. The van der Waals surface area contributed by atoms with Gasteiger partial charge in [-0.05, 0) is 61.4 Å². The van der Waals surface area contributed by atoms with Crippen molar-refractivity contribution in [3.05, 3.63) is 93.0 Å². The van der Waals surface area contributed by atoms with Crippen LogP contribution in [-0.2, 0) is 11.4 Å². The predicted molar refractivity (Wildman–Crippen MR) is 142 cm³/mol. The van der Waals surface area contributed by atoms with Crippen LogP contribution < -0.4 is 20.2 Å². The highest BCUT2D eigenvalue weighted by molar-refractivity contribution is 6.42. The van der Waals surface area contributed by atoms with Crippen LogP contribution in [-0.4, -0.2) is 31.2 Å². The molecule has 0 aromatic heterocycles. The number of halogens is 2. The van der Waals surface area contributed by atoms with Gasteiger partial charge in [-0.2, -0.15) is 5.10 Å². The van der Waals surface area contributed by atoms with Crippen LogP contribution in [0.15, 0.2) is 65.8 Å². The number of rotatable bonds is 11. The van der Waals surface area contributed by atoms with E-state index < -0.39 is 0 Å². The fraction of sp³-hybridized carbons (Fsp3) is 0.222. The zero-order chi connectivity index (χ0) is 25.9. The molecule has 3 aromatic rings. The summed E-state index contributed by atoms with van der Waals surface area (Å²) >= 11 is 11.8. The molecule has 0 aliphatic heterocycles. The van der Waals surface area contributed by atoms with Gasteiger partial charge >= 0.3 is 0 Å². The van der Waals surface area contributed by atoms with Crippen molar-refractivity contribution in [3.8, 4) is 11.5 Å². The van der Waals surface area contributed by atoms with Crippen LogP contribution in [0.25, 0.3) is 0 Å². The third-order valence-corrected chi connectivity index (χ3v) is 5.71. The van der Waals surface area contributed by atoms with E-state index in [-0.39, 0.29) is 29.8 Å². The largest absolute Gasteiger partial charge is 0.490 e. The molecule has 0 heterocycles. The van der Waals surface area contributed by atoms with Crippen molar-refractivity contribution in [2.24, 2.45) is 5.10 Å². The monoisotopic (exact) mass is 527 g/mol. The Hall–Kier alpha value is -3.55. The van der Waals surface area contributed by atoms with Crippen LogP contribution in [0, 0.1) is 6.92 Å². The average Bonchev–Trinajstić information content (AvgIpc) is 2.85. The smallest absolute Gasteiger partial charge is 0.251 e. The Morgan fingerprint density at radius 2 is 1.81 bits per heavy atom. The van der Waals surface area contributed by atoms with E-state index in [0.29, 0.717) is 35.3 Å². The summed E-state index contributed by atoms with van der Waals surface area (Å²) in [6, 6.07) is 18.1. The molecule has 188 valence electrons. The van der Waals surface area contributed by atoms with E-state index in [9.17, 15) is 9.59 Å². The Bertz CT molecular complexity index is 1250. The molecule has 0 saturated heterocycles. The SMILES string of the molecule is CCOc1cc(C=NNC(=O)CCNC(=O)c2ccc(Cl)c(Cl)c2)ccc1OCc1cccc(C)c1. The molecule has 0 aliphatic carbocycles. The number of ether oxygens (including phenoxy) is 2. The van der Waals surface area contributed by atoms with Gasteiger partial charge in [0.25, 0.3) is 5.91 Å². The van der Waals surface area contributed by atoms with E-state index in [1.807, 2.05) is 44.2 Å². The Morgan fingerprint density at radius 3 is 2.56 bits per heavy atom. The number of hydrogen-bond donors (Lipinski definition) is 2. The van der Waals surface area contributed by atoms with Gasteiger partial charge in [0, 0.05) is 18.5 Å². The molecule has 9 heteroatoms. The van der Waals surface area contributed by atoms with Crippen LogP contribution in [0.5, 0.6) is 11.5 Å². The van der Waals surface area contributed by atoms with Crippen molar-refractivity contribution < 1.29 is 19.1 Å². The average molecular weight is 528 g/mol. The first-order chi connectivity index (χ1) is 17.4. The summed E-state index contributed by atoms with van der Waals surface area (Å²) in [5.74, 6) is 0.518. The van der Waals surface area contributed by atoms with Crippen molar-refractivity contribution in [2.45, 2.75) is 26.9 Å². The van der Waals surface area contributed by atoms with E-state index in [2.05, 4.69) is 21.9 Å². The molecule has 0 fully saturated rings. The molecule has 0 aliphatic rings. The molecule has 2 amide bonds. The molecular formula is C27H27Cl2N3O4. The summed E-state index contributed by atoms with van der Waals surface area (Å²) in [5.41, 5.74) is 5.78. The van der Waals surface area contributed by atoms with Crippen molar-refractivity contribution in [2.75, 3.05) is 13.2 Å². The minimum absolute atomic E-state index is 0.0559. The van der Waals surface area contributed by atoms with Gasteiger partial charge in [0.15, 0.2) is 11.5 Å². The van der Waals surface area contributed by atoms with E-state index in [4.69, 9.17) is 32.7 Å². The lowest BCUT2D eigenvalue weighted by atomic mass is 10.1. The fourth-order valence-electron chi connectivity index (χ4n) is 3.22. The zero-order valence-electron chi connectivity index (χ0n) is 20.0. The van der Waals surface area contributed by atoms with E-state index >= 15 is 0 Å². The van der Waals surface area contributed by atoms with Gasteiger partial charge in [0.05, 0.1) is 22.9 Å². The first kappa shape index (κ1) is 27.0. The summed E-state index contributed by atoms with van der Waals surface area (Å²) in [4.78, 5) is 24.2. The van der Waals surface area contributed by atoms with Gasteiger partial charge in [-0.1, -0.05) is 53.0 Å². The summed E-state index contributed by atoms with van der Waals surface area (Å²) in [6.45, 7) is 4.97. The number of benzene rings is 3. The van der Waals surface area contributed by atoms with Crippen LogP contribution in [0.3, 0.4) is 0 Å². The Balaban J connectivity index is 1.48. The Kier molecular flexibility index (Phi) is 10.2. The number of carbonyl (C=O) groups is 2. The van der Waals surface area contributed by atoms with Crippen molar-refractivity contribution in [1.29, 1.82) is 0 Å². The van der Waals surface area contributed by atoms with E-state index in [1.165, 1.54) is 17.8 Å². The lowest BCUT2D eigenvalue weighted by molar-refractivity contribution is -0.120. The number of nitrogens with zero attached hydrogens (tertiary/aromatic N) is 1. The van der Waals surface area contributed by atoms with Gasteiger partial charge < -0.3 is 14.8 Å². The first-order valence-corrected chi connectivity index (χ1v) is 12.1. The molecule has 0 unspecified atom stereocenters. The van der Waals surface area contributed by atoms with Crippen molar-refractivity contribution >= 4 is 41.2 Å². The normalized spacial score (nSPS) is 10.8.